The third kappa shape index (κ3) is 4.28. The minimum Gasteiger partial charge on any atom is -0.289 e. The van der Waals surface area contributed by atoms with Gasteiger partial charge in [-0.25, -0.2) is 19.9 Å². The van der Waals surface area contributed by atoms with Gasteiger partial charge >= 0.3 is 0 Å². The number of hydrogen-bond donors (Lipinski definition) is 0. The molecule has 3 aromatic heterocycles. The van der Waals surface area contributed by atoms with Crippen LogP contribution in [0.1, 0.15) is 12.6 Å². The van der Waals surface area contributed by atoms with E-state index in [1.54, 1.807) is 11.3 Å². The molecular weight excluding hydrogens is 474 g/mol. The molecule has 178 valence electrons. The Labute approximate surface area is 218 Å². The van der Waals surface area contributed by atoms with Gasteiger partial charge < -0.3 is 0 Å². The van der Waals surface area contributed by atoms with Crippen molar-refractivity contribution in [2.75, 3.05) is 0 Å². The molecule has 6 heteroatoms. The molecule has 0 aliphatic carbocycles. The number of para-hydroxylation sites is 1. The van der Waals surface area contributed by atoms with Crippen LogP contribution in [0.5, 0.6) is 0 Å². The number of rotatable bonds is 6. The Morgan fingerprint density at radius 2 is 1.43 bits per heavy atom. The molecule has 3 aromatic carbocycles. The fourth-order valence-corrected chi connectivity index (χ4v) is 5.29. The molecule has 0 atom stereocenters. The molecule has 37 heavy (non-hydrogen) atoms. The fraction of sp³-hybridized carbons (Fsp3) is 0.0323. The second-order valence-corrected chi connectivity index (χ2v) is 9.43. The Morgan fingerprint density at radius 1 is 0.784 bits per heavy atom. The van der Waals surface area contributed by atoms with Crippen LogP contribution < -0.4 is 0 Å². The maximum Gasteiger partial charge on any atom is 0.195 e. The maximum atomic E-state index is 4.95. The molecule has 0 saturated heterocycles. The molecule has 0 amide bonds. The first-order chi connectivity index (χ1) is 18.2. The van der Waals surface area contributed by atoms with Gasteiger partial charge in [-0.1, -0.05) is 109 Å². The smallest absolute Gasteiger partial charge is 0.195 e. The monoisotopic (exact) mass is 497 g/mol. The fourth-order valence-electron chi connectivity index (χ4n) is 4.25. The van der Waals surface area contributed by atoms with E-state index in [2.05, 4.69) is 29.3 Å². The Balaban J connectivity index is 1.59. The highest BCUT2D eigenvalue weighted by molar-refractivity contribution is 7.23. The van der Waals surface area contributed by atoms with E-state index < -0.39 is 0 Å². The SMILES string of the molecule is C=C/C(=C\C=C/C)c1cn2c(n1)sc1cccc(-c3nc(-c4ccccc4)nc(-c4ccccc4)n3)c12. The summed E-state index contributed by atoms with van der Waals surface area (Å²) in [6, 6.07) is 26.3. The van der Waals surface area contributed by atoms with E-state index >= 15 is 0 Å². The first-order valence-corrected chi connectivity index (χ1v) is 12.8. The van der Waals surface area contributed by atoms with Crippen molar-refractivity contribution in [2.45, 2.75) is 6.92 Å². The maximum absolute atomic E-state index is 4.95. The molecule has 0 N–H and O–H groups in total. The van der Waals surface area contributed by atoms with Gasteiger partial charge in [0.05, 0.1) is 15.9 Å². The van der Waals surface area contributed by atoms with E-state index in [1.165, 1.54) is 0 Å². The summed E-state index contributed by atoms with van der Waals surface area (Å²) < 4.78 is 3.25. The van der Waals surface area contributed by atoms with E-state index in [0.29, 0.717) is 17.5 Å². The summed E-state index contributed by atoms with van der Waals surface area (Å²) in [7, 11) is 0. The van der Waals surface area contributed by atoms with Gasteiger partial charge in [-0.2, -0.15) is 0 Å². The lowest BCUT2D eigenvalue weighted by molar-refractivity contribution is 1.07. The van der Waals surface area contributed by atoms with E-state index in [0.717, 1.165) is 43.1 Å². The normalized spacial score (nSPS) is 12.1. The van der Waals surface area contributed by atoms with Crippen LogP contribution in [0.15, 0.2) is 116 Å². The van der Waals surface area contributed by atoms with Crippen LogP contribution in [0.25, 0.3) is 54.9 Å². The zero-order valence-electron chi connectivity index (χ0n) is 20.2. The summed E-state index contributed by atoms with van der Waals surface area (Å²) >= 11 is 1.65. The number of aromatic nitrogens is 5. The lowest BCUT2D eigenvalue weighted by atomic mass is 10.1. The molecule has 6 aromatic rings. The number of thiazole rings is 1. The summed E-state index contributed by atoms with van der Waals surface area (Å²) in [5, 5.41) is 0. The quantitative estimate of drug-likeness (QED) is 0.220. The third-order valence-electron chi connectivity index (χ3n) is 6.04. The predicted octanol–water partition coefficient (Wildman–Crippen LogP) is 7.88. The summed E-state index contributed by atoms with van der Waals surface area (Å²) in [4.78, 5) is 20.5. The number of fused-ring (bicyclic) bond motifs is 3. The highest BCUT2D eigenvalue weighted by atomic mass is 32.1. The first-order valence-electron chi connectivity index (χ1n) is 12.0. The van der Waals surface area contributed by atoms with Crippen molar-refractivity contribution >= 4 is 32.1 Å². The van der Waals surface area contributed by atoms with Crippen LogP contribution in [0.3, 0.4) is 0 Å². The number of benzene rings is 3. The van der Waals surface area contributed by atoms with E-state index in [9.17, 15) is 0 Å². The zero-order valence-corrected chi connectivity index (χ0v) is 21.1. The Morgan fingerprint density at radius 3 is 2.05 bits per heavy atom. The molecular formula is C31H23N5S. The molecule has 6 rings (SSSR count). The van der Waals surface area contributed by atoms with E-state index in [4.69, 9.17) is 19.9 Å². The standard InChI is InChI=1S/C31H23N5S/c1-3-5-13-21(4-2)25-20-36-27-24(18-12-19-26(27)37-31(36)32-25)30-34-28(22-14-8-6-9-15-22)33-29(35-30)23-16-10-7-11-17-23/h3-20H,2H2,1H3/b5-3-,21-13+. The van der Waals surface area contributed by atoms with Crippen LogP contribution in [0.4, 0.5) is 0 Å². The summed E-state index contributed by atoms with van der Waals surface area (Å²) in [5.74, 6) is 1.91. The molecule has 0 radical (unpaired) electrons. The second kappa shape index (κ2) is 9.76. The number of allylic oxidation sites excluding steroid dienone is 5. The van der Waals surface area contributed by atoms with Crippen LogP contribution in [-0.2, 0) is 0 Å². The van der Waals surface area contributed by atoms with Gasteiger partial charge in [0.15, 0.2) is 22.4 Å². The van der Waals surface area contributed by atoms with Gasteiger partial charge in [-0.3, -0.25) is 4.40 Å². The van der Waals surface area contributed by atoms with Gasteiger partial charge in [0.2, 0.25) is 0 Å². The molecule has 3 heterocycles. The minimum atomic E-state index is 0.627. The highest BCUT2D eigenvalue weighted by Gasteiger charge is 2.18. The number of nitrogens with zero attached hydrogens (tertiary/aromatic N) is 5. The number of hydrogen-bond acceptors (Lipinski definition) is 5. The summed E-state index contributed by atoms with van der Waals surface area (Å²) in [6.45, 7) is 5.97. The van der Waals surface area contributed by atoms with E-state index in [1.807, 2.05) is 98.0 Å². The molecule has 5 nitrogen and oxygen atoms in total. The van der Waals surface area contributed by atoms with Crippen molar-refractivity contribution < 1.29 is 0 Å². The summed E-state index contributed by atoms with van der Waals surface area (Å²) in [6.07, 6.45) is 9.90. The molecule has 0 unspecified atom stereocenters. The lowest BCUT2D eigenvalue weighted by Gasteiger charge is -2.09. The summed E-state index contributed by atoms with van der Waals surface area (Å²) in [5.41, 5.74) is 5.70. The van der Waals surface area contributed by atoms with Crippen molar-refractivity contribution in [3.8, 4) is 34.2 Å². The predicted molar refractivity (Wildman–Crippen MR) is 153 cm³/mol. The zero-order chi connectivity index (χ0) is 25.2. The van der Waals surface area contributed by atoms with Gasteiger partial charge in [-0.05, 0) is 19.1 Å². The van der Waals surface area contributed by atoms with Crippen molar-refractivity contribution in [3.05, 3.63) is 122 Å². The highest BCUT2D eigenvalue weighted by Crippen LogP contribution is 2.35. The number of imidazole rings is 1. The molecule has 0 bridgehead atoms. The minimum absolute atomic E-state index is 0.627. The van der Waals surface area contributed by atoms with Crippen LogP contribution in [0.2, 0.25) is 0 Å². The van der Waals surface area contributed by atoms with Gasteiger partial charge in [0.25, 0.3) is 0 Å². The Bertz CT molecular complexity index is 1740. The van der Waals surface area contributed by atoms with Crippen LogP contribution >= 0.6 is 11.3 Å². The van der Waals surface area contributed by atoms with Crippen molar-refractivity contribution in [3.63, 3.8) is 0 Å². The van der Waals surface area contributed by atoms with Gasteiger partial charge in [0.1, 0.15) is 0 Å². The lowest BCUT2D eigenvalue weighted by Crippen LogP contribution is -2.00. The van der Waals surface area contributed by atoms with Crippen molar-refractivity contribution in [1.82, 2.24) is 24.3 Å². The molecule has 0 spiro atoms. The van der Waals surface area contributed by atoms with Crippen molar-refractivity contribution in [1.29, 1.82) is 0 Å². The van der Waals surface area contributed by atoms with Crippen LogP contribution in [0, 0.1) is 0 Å². The first kappa shape index (κ1) is 22.8. The Kier molecular flexibility index (Phi) is 6.00. The Hall–Kier alpha value is -4.68. The largest absolute Gasteiger partial charge is 0.289 e. The van der Waals surface area contributed by atoms with Gasteiger partial charge in [0, 0.05) is 28.5 Å². The van der Waals surface area contributed by atoms with Crippen LogP contribution in [-0.4, -0.2) is 24.3 Å². The van der Waals surface area contributed by atoms with Gasteiger partial charge in [-0.15, -0.1) is 0 Å². The third-order valence-corrected chi connectivity index (χ3v) is 7.06. The molecule has 0 saturated carbocycles. The average Bonchev–Trinajstić information content (AvgIpc) is 3.52. The van der Waals surface area contributed by atoms with Crippen molar-refractivity contribution in [2.24, 2.45) is 0 Å². The molecule has 0 fully saturated rings. The molecule has 0 aliphatic heterocycles. The average molecular weight is 498 g/mol. The topological polar surface area (TPSA) is 56.0 Å². The second-order valence-electron chi connectivity index (χ2n) is 8.42. The molecule has 0 aliphatic rings. The van der Waals surface area contributed by atoms with E-state index in [-0.39, 0.29) is 0 Å².